The van der Waals surface area contributed by atoms with Gasteiger partial charge in [-0.05, 0) is 18.6 Å². The standard InChI is InChI=1S/C13H16N2O2/c1-3-4-8-12(16)15-13-10(9-14)6-5-7-11(13)17-2/h5-7H,3-4,8H2,1-2H3,(H,15,16). The van der Waals surface area contributed by atoms with Crippen LogP contribution in [0.15, 0.2) is 18.2 Å². The van der Waals surface area contributed by atoms with Gasteiger partial charge >= 0.3 is 0 Å². The first kappa shape index (κ1) is 13.0. The number of carbonyl (C=O) groups excluding carboxylic acids is 1. The number of benzene rings is 1. The average Bonchev–Trinajstić information content (AvgIpc) is 2.36. The Labute approximate surface area is 101 Å². The van der Waals surface area contributed by atoms with Crippen LogP contribution in [0.1, 0.15) is 31.7 Å². The molecule has 0 spiro atoms. The fourth-order valence-corrected chi connectivity index (χ4v) is 1.46. The van der Waals surface area contributed by atoms with Crippen LogP contribution in [0, 0.1) is 11.3 Å². The number of hydrogen-bond acceptors (Lipinski definition) is 3. The lowest BCUT2D eigenvalue weighted by atomic mass is 10.1. The molecule has 0 saturated heterocycles. The average molecular weight is 232 g/mol. The van der Waals surface area contributed by atoms with Crippen LogP contribution in [0.25, 0.3) is 0 Å². The molecule has 17 heavy (non-hydrogen) atoms. The molecule has 0 bridgehead atoms. The first-order chi connectivity index (χ1) is 8.22. The molecule has 0 saturated carbocycles. The zero-order valence-electron chi connectivity index (χ0n) is 10.1. The number of methoxy groups -OCH3 is 1. The third-order valence-electron chi connectivity index (χ3n) is 2.39. The molecule has 1 aromatic rings. The van der Waals surface area contributed by atoms with Crippen LogP contribution >= 0.6 is 0 Å². The Morgan fingerprint density at radius 1 is 1.53 bits per heavy atom. The van der Waals surface area contributed by atoms with Gasteiger partial charge in [0.2, 0.25) is 5.91 Å². The number of hydrogen-bond donors (Lipinski definition) is 1. The van der Waals surface area contributed by atoms with E-state index in [-0.39, 0.29) is 5.91 Å². The minimum atomic E-state index is -0.0900. The molecule has 0 aliphatic heterocycles. The van der Waals surface area contributed by atoms with Crippen LogP contribution in [0.4, 0.5) is 5.69 Å². The van der Waals surface area contributed by atoms with Crippen LogP contribution in [-0.2, 0) is 4.79 Å². The number of amides is 1. The number of nitriles is 1. The molecule has 1 amide bonds. The third kappa shape index (κ3) is 3.49. The molecule has 90 valence electrons. The molecule has 1 N–H and O–H groups in total. The Morgan fingerprint density at radius 2 is 2.29 bits per heavy atom. The molecule has 0 fully saturated rings. The lowest BCUT2D eigenvalue weighted by Gasteiger charge is -2.11. The summed E-state index contributed by atoms with van der Waals surface area (Å²) in [5, 5.41) is 11.7. The summed E-state index contributed by atoms with van der Waals surface area (Å²) in [4.78, 5) is 11.6. The second-order valence-electron chi connectivity index (χ2n) is 3.65. The molecule has 1 rings (SSSR count). The highest BCUT2D eigenvalue weighted by molar-refractivity contribution is 5.93. The summed E-state index contributed by atoms with van der Waals surface area (Å²) in [6, 6.07) is 7.13. The quantitative estimate of drug-likeness (QED) is 0.849. The first-order valence-corrected chi connectivity index (χ1v) is 5.59. The highest BCUT2D eigenvalue weighted by Crippen LogP contribution is 2.27. The predicted molar refractivity (Wildman–Crippen MR) is 65.9 cm³/mol. The van der Waals surface area contributed by atoms with Crippen LogP contribution in [-0.4, -0.2) is 13.0 Å². The van der Waals surface area contributed by atoms with Crippen LogP contribution < -0.4 is 10.1 Å². The highest BCUT2D eigenvalue weighted by atomic mass is 16.5. The Kier molecular flexibility index (Phi) is 5.02. The van der Waals surface area contributed by atoms with Crippen molar-refractivity contribution in [3.8, 4) is 11.8 Å². The van der Waals surface area contributed by atoms with E-state index in [2.05, 4.69) is 5.32 Å². The zero-order chi connectivity index (χ0) is 12.7. The van der Waals surface area contributed by atoms with E-state index in [0.717, 1.165) is 12.8 Å². The van der Waals surface area contributed by atoms with E-state index in [1.807, 2.05) is 13.0 Å². The van der Waals surface area contributed by atoms with Crippen molar-refractivity contribution in [3.05, 3.63) is 23.8 Å². The second-order valence-corrected chi connectivity index (χ2v) is 3.65. The van der Waals surface area contributed by atoms with E-state index in [9.17, 15) is 4.79 Å². The van der Waals surface area contributed by atoms with E-state index in [1.165, 1.54) is 7.11 Å². The number of nitrogens with one attached hydrogen (secondary N) is 1. The summed E-state index contributed by atoms with van der Waals surface area (Å²) in [6.45, 7) is 2.02. The number of anilines is 1. The Hall–Kier alpha value is -2.02. The fraction of sp³-hybridized carbons (Fsp3) is 0.385. The van der Waals surface area contributed by atoms with Gasteiger partial charge in [-0.15, -0.1) is 0 Å². The molecule has 4 heteroatoms. The van der Waals surface area contributed by atoms with Gasteiger partial charge in [-0.2, -0.15) is 5.26 Å². The molecule has 1 aromatic carbocycles. The first-order valence-electron chi connectivity index (χ1n) is 5.59. The van der Waals surface area contributed by atoms with Crippen molar-refractivity contribution in [2.75, 3.05) is 12.4 Å². The highest BCUT2D eigenvalue weighted by Gasteiger charge is 2.11. The Bertz CT molecular complexity index is 436. The van der Waals surface area contributed by atoms with Crippen molar-refractivity contribution in [3.63, 3.8) is 0 Å². The molecule has 0 atom stereocenters. The topological polar surface area (TPSA) is 62.1 Å². The van der Waals surface area contributed by atoms with Crippen molar-refractivity contribution >= 4 is 11.6 Å². The molecular weight excluding hydrogens is 216 g/mol. The van der Waals surface area contributed by atoms with Crippen molar-refractivity contribution in [1.82, 2.24) is 0 Å². The molecule has 0 aliphatic rings. The summed E-state index contributed by atoms with van der Waals surface area (Å²) >= 11 is 0. The van der Waals surface area contributed by atoms with Crippen LogP contribution in [0.2, 0.25) is 0 Å². The Morgan fingerprint density at radius 3 is 2.88 bits per heavy atom. The smallest absolute Gasteiger partial charge is 0.224 e. The molecule has 0 aromatic heterocycles. The maximum atomic E-state index is 11.6. The Balaban J connectivity index is 2.88. The van der Waals surface area contributed by atoms with Gasteiger partial charge in [0, 0.05) is 6.42 Å². The number of unbranched alkanes of at least 4 members (excludes halogenated alkanes) is 1. The summed E-state index contributed by atoms with van der Waals surface area (Å²) < 4.78 is 5.13. The molecule has 4 nitrogen and oxygen atoms in total. The lowest BCUT2D eigenvalue weighted by Crippen LogP contribution is -2.13. The van der Waals surface area contributed by atoms with E-state index in [4.69, 9.17) is 10.00 Å². The van der Waals surface area contributed by atoms with Crippen molar-refractivity contribution in [1.29, 1.82) is 5.26 Å². The van der Waals surface area contributed by atoms with Gasteiger partial charge in [-0.25, -0.2) is 0 Å². The number of rotatable bonds is 5. The van der Waals surface area contributed by atoms with E-state index in [0.29, 0.717) is 23.4 Å². The molecule has 0 unspecified atom stereocenters. The van der Waals surface area contributed by atoms with E-state index < -0.39 is 0 Å². The minimum Gasteiger partial charge on any atom is -0.495 e. The SMILES string of the molecule is CCCCC(=O)Nc1c(C#N)cccc1OC. The maximum Gasteiger partial charge on any atom is 0.224 e. The number of nitrogens with zero attached hydrogens (tertiary/aromatic N) is 1. The summed E-state index contributed by atoms with van der Waals surface area (Å²) in [6.07, 6.45) is 2.26. The van der Waals surface area contributed by atoms with Crippen molar-refractivity contribution in [2.45, 2.75) is 26.2 Å². The number of carbonyl (C=O) groups is 1. The van der Waals surface area contributed by atoms with Crippen molar-refractivity contribution in [2.24, 2.45) is 0 Å². The molecule has 0 radical (unpaired) electrons. The number of para-hydroxylation sites is 1. The van der Waals surface area contributed by atoms with Crippen LogP contribution in [0.3, 0.4) is 0 Å². The van der Waals surface area contributed by atoms with E-state index in [1.54, 1.807) is 18.2 Å². The lowest BCUT2D eigenvalue weighted by molar-refractivity contribution is -0.116. The van der Waals surface area contributed by atoms with E-state index >= 15 is 0 Å². The number of ether oxygens (including phenoxy) is 1. The molecular formula is C13H16N2O2. The second kappa shape index (κ2) is 6.54. The van der Waals surface area contributed by atoms with Gasteiger partial charge in [0.1, 0.15) is 17.5 Å². The van der Waals surface area contributed by atoms with Crippen molar-refractivity contribution < 1.29 is 9.53 Å². The van der Waals surface area contributed by atoms with Gasteiger partial charge in [0.25, 0.3) is 0 Å². The van der Waals surface area contributed by atoms with Gasteiger partial charge in [-0.3, -0.25) is 4.79 Å². The summed E-state index contributed by atoms with van der Waals surface area (Å²) in [5.41, 5.74) is 0.868. The van der Waals surface area contributed by atoms with Gasteiger partial charge in [0.05, 0.1) is 12.7 Å². The predicted octanol–water partition coefficient (Wildman–Crippen LogP) is 2.70. The monoisotopic (exact) mass is 232 g/mol. The minimum absolute atomic E-state index is 0.0900. The third-order valence-corrected chi connectivity index (χ3v) is 2.39. The van der Waals surface area contributed by atoms with Gasteiger partial charge in [0.15, 0.2) is 0 Å². The molecule has 0 aliphatic carbocycles. The van der Waals surface area contributed by atoms with Crippen LogP contribution in [0.5, 0.6) is 5.75 Å². The zero-order valence-corrected chi connectivity index (χ0v) is 10.1. The fourth-order valence-electron chi connectivity index (χ4n) is 1.46. The largest absolute Gasteiger partial charge is 0.495 e. The van der Waals surface area contributed by atoms with Gasteiger partial charge < -0.3 is 10.1 Å². The summed E-state index contributed by atoms with van der Waals surface area (Å²) in [5.74, 6) is 0.418. The summed E-state index contributed by atoms with van der Waals surface area (Å²) in [7, 11) is 1.51. The normalized spacial score (nSPS) is 9.47. The van der Waals surface area contributed by atoms with Gasteiger partial charge in [-0.1, -0.05) is 19.4 Å². The molecule has 0 heterocycles. The maximum absolute atomic E-state index is 11.6.